The maximum absolute atomic E-state index is 13.2. The molecule has 2 rings (SSSR count). The summed E-state index contributed by atoms with van der Waals surface area (Å²) in [5.74, 6) is -0.722. The number of anilines is 1. The van der Waals surface area contributed by atoms with E-state index in [1.54, 1.807) is 12.1 Å². The zero-order chi connectivity index (χ0) is 12.3. The van der Waals surface area contributed by atoms with Gasteiger partial charge in [-0.1, -0.05) is 6.07 Å². The first kappa shape index (κ1) is 11.4. The fourth-order valence-corrected chi connectivity index (χ4v) is 1.47. The maximum atomic E-state index is 13.2. The van der Waals surface area contributed by atoms with Crippen LogP contribution in [0.25, 0.3) is 0 Å². The Morgan fingerprint density at radius 2 is 2.29 bits per heavy atom. The first-order chi connectivity index (χ1) is 8.20. The van der Waals surface area contributed by atoms with Gasteiger partial charge in [-0.2, -0.15) is 5.26 Å². The molecule has 0 aromatic heterocycles. The van der Waals surface area contributed by atoms with Crippen molar-refractivity contribution in [3.05, 3.63) is 29.6 Å². The molecule has 1 amide bonds. The molecule has 0 heterocycles. The molecule has 1 saturated carbocycles. The summed E-state index contributed by atoms with van der Waals surface area (Å²) >= 11 is 0. The van der Waals surface area contributed by atoms with Crippen molar-refractivity contribution in [2.45, 2.75) is 18.9 Å². The van der Waals surface area contributed by atoms with Gasteiger partial charge in [-0.05, 0) is 25.0 Å². The SMILES string of the molecule is N#Cc1c(F)cccc1NCC(=O)NC1CC1. The number of nitrogens with zero attached hydrogens (tertiary/aromatic N) is 1. The zero-order valence-corrected chi connectivity index (χ0v) is 9.16. The standard InChI is InChI=1S/C12H12FN3O/c13-10-2-1-3-11(9(10)6-14)15-7-12(17)16-8-4-5-8/h1-3,8,15H,4-5,7H2,(H,16,17). The first-order valence-electron chi connectivity index (χ1n) is 5.42. The molecule has 0 saturated heterocycles. The van der Waals surface area contributed by atoms with Gasteiger partial charge >= 0.3 is 0 Å². The predicted octanol–water partition coefficient (Wildman–Crippen LogP) is 1.39. The van der Waals surface area contributed by atoms with Gasteiger partial charge in [0.05, 0.1) is 12.2 Å². The van der Waals surface area contributed by atoms with Gasteiger partial charge in [0.2, 0.25) is 5.91 Å². The summed E-state index contributed by atoms with van der Waals surface area (Å²) in [7, 11) is 0. The van der Waals surface area contributed by atoms with Crippen molar-refractivity contribution < 1.29 is 9.18 Å². The third-order valence-corrected chi connectivity index (χ3v) is 2.51. The highest BCUT2D eigenvalue weighted by atomic mass is 19.1. The Hall–Kier alpha value is -2.09. The number of nitrogens with one attached hydrogen (secondary N) is 2. The highest BCUT2D eigenvalue weighted by molar-refractivity contribution is 5.81. The minimum absolute atomic E-state index is 0.0502. The van der Waals surface area contributed by atoms with Gasteiger partial charge in [-0.15, -0.1) is 0 Å². The number of carbonyl (C=O) groups is 1. The zero-order valence-electron chi connectivity index (χ0n) is 9.16. The molecule has 0 bridgehead atoms. The van der Waals surface area contributed by atoms with Crippen LogP contribution < -0.4 is 10.6 Å². The lowest BCUT2D eigenvalue weighted by atomic mass is 10.2. The number of amides is 1. The molecule has 0 aliphatic heterocycles. The van der Waals surface area contributed by atoms with E-state index in [1.807, 2.05) is 0 Å². The highest BCUT2D eigenvalue weighted by Gasteiger charge is 2.23. The molecular formula is C12H12FN3O. The summed E-state index contributed by atoms with van der Waals surface area (Å²) in [4.78, 5) is 11.4. The van der Waals surface area contributed by atoms with E-state index in [0.717, 1.165) is 12.8 Å². The Kier molecular flexibility index (Phi) is 3.24. The van der Waals surface area contributed by atoms with Crippen molar-refractivity contribution in [3.63, 3.8) is 0 Å². The Morgan fingerprint density at radius 3 is 2.94 bits per heavy atom. The van der Waals surface area contributed by atoms with Crippen LogP contribution in [0.2, 0.25) is 0 Å². The van der Waals surface area contributed by atoms with Crippen LogP contribution in [0.3, 0.4) is 0 Å². The predicted molar refractivity (Wildman–Crippen MR) is 60.8 cm³/mol. The van der Waals surface area contributed by atoms with Gasteiger partial charge in [0.15, 0.2) is 0 Å². The van der Waals surface area contributed by atoms with Crippen molar-refractivity contribution in [1.82, 2.24) is 5.32 Å². The molecule has 1 aliphatic rings. The van der Waals surface area contributed by atoms with Crippen molar-refractivity contribution in [1.29, 1.82) is 5.26 Å². The smallest absolute Gasteiger partial charge is 0.239 e. The molecule has 4 nitrogen and oxygen atoms in total. The van der Waals surface area contributed by atoms with Gasteiger partial charge in [0.1, 0.15) is 17.4 Å². The Labute approximate surface area is 98.4 Å². The second kappa shape index (κ2) is 4.83. The summed E-state index contributed by atoms with van der Waals surface area (Å²) in [6.07, 6.45) is 2.05. The summed E-state index contributed by atoms with van der Waals surface area (Å²) in [5.41, 5.74) is 0.283. The molecule has 0 spiro atoms. The molecule has 0 atom stereocenters. The van der Waals surface area contributed by atoms with Gasteiger partial charge in [0.25, 0.3) is 0 Å². The number of rotatable bonds is 4. The Balaban J connectivity index is 1.96. The Morgan fingerprint density at radius 1 is 1.53 bits per heavy atom. The van der Waals surface area contributed by atoms with Crippen LogP contribution in [0.4, 0.5) is 10.1 Å². The van der Waals surface area contributed by atoms with Crippen molar-refractivity contribution in [3.8, 4) is 6.07 Å². The second-order valence-electron chi connectivity index (χ2n) is 3.97. The van der Waals surface area contributed by atoms with Crippen LogP contribution in [0.5, 0.6) is 0 Å². The van der Waals surface area contributed by atoms with Gasteiger partial charge in [-0.25, -0.2) is 4.39 Å². The number of benzene rings is 1. The third-order valence-electron chi connectivity index (χ3n) is 2.51. The second-order valence-corrected chi connectivity index (χ2v) is 3.97. The summed E-state index contributed by atoms with van der Waals surface area (Å²) in [5, 5.41) is 14.4. The van der Waals surface area contributed by atoms with Crippen molar-refractivity contribution >= 4 is 11.6 Å². The van der Waals surface area contributed by atoms with Crippen LogP contribution in [-0.2, 0) is 4.79 Å². The van der Waals surface area contributed by atoms with Gasteiger partial charge in [-0.3, -0.25) is 4.79 Å². The number of carbonyl (C=O) groups excluding carboxylic acids is 1. The van der Waals surface area contributed by atoms with E-state index < -0.39 is 5.82 Å². The maximum Gasteiger partial charge on any atom is 0.239 e. The molecule has 1 aromatic carbocycles. The van der Waals surface area contributed by atoms with E-state index in [0.29, 0.717) is 11.7 Å². The van der Waals surface area contributed by atoms with Gasteiger partial charge in [0, 0.05) is 6.04 Å². The molecule has 2 N–H and O–H groups in total. The minimum atomic E-state index is -0.583. The van der Waals surface area contributed by atoms with E-state index in [4.69, 9.17) is 5.26 Å². The van der Waals surface area contributed by atoms with Crippen LogP contribution in [0, 0.1) is 17.1 Å². The molecule has 1 fully saturated rings. The summed E-state index contributed by atoms with van der Waals surface area (Å²) in [6.45, 7) is 0.0502. The summed E-state index contributed by atoms with van der Waals surface area (Å²) in [6, 6.07) is 6.36. The minimum Gasteiger partial charge on any atom is -0.375 e. The largest absolute Gasteiger partial charge is 0.375 e. The highest BCUT2D eigenvalue weighted by Crippen LogP contribution is 2.19. The number of hydrogen-bond donors (Lipinski definition) is 2. The van der Waals surface area contributed by atoms with Crippen LogP contribution >= 0.6 is 0 Å². The molecule has 1 aliphatic carbocycles. The lowest BCUT2D eigenvalue weighted by molar-refractivity contribution is -0.119. The van der Waals surface area contributed by atoms with Crippen molar-refractivity contribution in [2.24, 2.45) is 0 Å². The van der Waals surface area contributed by atoms with E-state index in [2.05, 4.69) is 10.6 Å². The molecular weight excluding hydrogens is 221 g/mol. The number of halogens is 1. The molecule has 88 valence electrons. The average Bonchev–Trinajstić information content (AvgIpc) is 3.10. The van der Waals surface area contributed by atoms with Crippen molar-refractivity contribution in [2.75, 3.05) is 11.9 Å². The van der Waals surface area contributed by atoms with E-state index in [1.165, 1.54) is 12.1 Å². The molecule has 0 radical (unpaired) electrons. The quantitative estimate of drug-likeness (QED) is 0.825. The molecule has 0 unspecified atom stereocenters. The average molecular weight is 233 g/mol. The third kappa shape index (κ3) is 2.94. The molecule has 17 heavy (non-hydrogen) atoms. The number of nitriles is 1. The number of hydrogen-bond acceptors (Lipinski definition) is 3. The lowest BCUT2D eigenvalue weighted by Gasteiger charge is -2.08. The van der Waals surface area contributed by atoms with E-state index in [-0.39, 0.29) is 18.0 Å². The topological polar surface area (TPSA) is 64.9 Å². The lowest BCUT2D eigenvalue weighted by Crippen LogP contribution is -2.31. The molecule has 1 aromatic rings. The van der Waals surface area contributed by atoms with Crippen LogP contribution in [-0.4, -0.2) is 18.5 Å². The van der Waals surface area contributed by atoms with E-state index >= 15 is 0 Å². The Bertz CT molecular complexity index is 477. The fourth-order valence-electron chi connectivity index (χ4n) is 1.47. The van der Waals surface area contributed by atoms with E-state index in [9.17, 15) is 9.18 Å². The first-order valence-corrected chi connectivity index (χ1v) is 5.42. The van der Waals surface area contributed by atoms with Crippen LogP contribution in [0.15, 0.2) is 18.2 Å². The van der Waals surface area contributed by atoms with Crippen LogP contribution in [0.1, 0.15) is 18.4 Å². The monoisotopic (exact) mass is 233 g/mol. The summed E-state index contributed by atoms with van der Waals surface area (Å²) < 4.78 is 13.2. The normalized spacial score (nSPS) is 13.9. The van der Waals surface area contributed by atoms with Gasteiger partial charge < -0.3 is 10.6 Å². The molecule has 5 heteroatoms. The fraction of sp³-hybridized carbons (Fsp3) is 0.333.